The van der Waals surface area contributed by atoms with Crippen LogP contribution in [0, 0.1) is 0 Å². The van der Waals surface area contributed by atoms with Gasteiger partial charge in [0.15, 0.2) is 0 Å². The van der Waals surface area contributed by atoms with Gasteiger partial charge in [0.25, 0.3) is 0 Å². The Morgan fingerprint density at radius 3 is 2.63 bits per heavy atom. The number of aromatic nitrogens is 1. The summed E-state index contributed by atoms with van der Waals surface area (Å²) in [6.45, 7) is 0. The molecule has 0 amide bonds. The van der Waals surface area contributed by atoms with E-state index < -0.39 is 5.97 Å². The standard InChI is InChI=1S/C15H10N2O2/c18-15-13(9-11-5-4-8-16-10-11)14(17-19-15)12-6-2-1-3-7-12/h1-10H/b13-9+. The lowest BCUT2D eigenvalue weighted by molar-refractivity contribution is -0.136. The Bertz CT molecular complexity index is 661. The van der Waals surface area contributed by atoms with Crippen molar-refractivity contribution < 1.29 is 9.63 Å². The molecule has 4 nitrogen and oxygen atoms in total. The van der Waals surface area contributed by atoms with Crippen LogP contribution in [0.25, 0.3) is 6.08 Å². The predicted octanol–water partition coefficient (Wildman–Crippen LogP) is 2.43. The second kappa shape index (κ2) is 4.86. The number of hydrogen-bond donors (Lipinski definition) is 0. The smallest absolute Gasteiger partial charge is 0.312 e. The van der Waals surface area contributed by atoms with Crippen LogP contribution in [0.15, 0.2) is 65.6 Å². The second-order valence-corrected chi connectivity index (χ2v) is 4.03. The highest BCUT2D eigenvalue weighted by Crippen LogP contribution is 2.20. The van der Waals surface area contributed by atoms with Gasteiger partial charge in [0.05, 0.1) is 5.57 Å². The predicted molar refractivity (Wildman–Crippen MR) is 71.3 cm³/mol. The molecule has 0 aliphatic carbocycles. The highest BCUT2D eigenvalue weighted by molar-refractivity contribution is 6.31. The molecule has 0 radical (unpaired) electrons. The summed E-state index contributed by atoms with van der Waals surface area (Å²) in [6.07, 6.45) is 5.09. The van der Waals surface area contributed by atoms with Gasteiger partial charge in [-0.15, -0.1) is 0 Å². The van der Waals surface area contributed by atoms with E-state index in [9.17, 15) is 4.79 Å². The second-order valence-electron chi connectivity index (χ2n) is 4.03. The number of carbonyl (C=O) groups is 1. The third-order valence-corrected chi connectivity index (χ3v) is 2.74. The number of pyridine rings is 1. The topological polar surface area (TPSA) is 51.5 Å². The first kappa shape index (κ1) is 11.3. The van der Waals surface area contributed by atoms with E-state index in [1.54, 1.807) is 18.5 Å². The molecule has 1 aliphatic rings. The zero-order valence-electron chi connectivity index (χ0n) is 9.98. The Hall–Kier alpha value is -2.75. The van der Waals surface area contributed by atoms with Gasteiger partial charge in [0, 0.05) is 18.0 Å². The third kappa shape index (κ3) is 2.28. The number of benzene rings is 1. The molecule has 1 aromatic carbocycles. The first-order valence-electron chi connectivity index (χ1n) is 5.81. The average molecular weight is 250 g/mol. The molecule has 19 heavy (non-hydrogen) atoms. The molecule has 0 spiro atoms. The van der Waals surface area contributed by atoms with Crippen molar-refractivity contribution in [3.05, 3.63) is 71.6 Å². The number of nitrogens with zero attached hydrogens (tertiary/aromatic N) is 2. The van der Waals surface area contributed by atoms with E-state index in [-0.39, 0.29) is 0 Å². The van der Waals surface area contributed by atoms with E-state index in [0.29, 0.717) is 11.3 Å². The monoisotopic (exact) mass is 250 g/mol. The highest BCUT2D eigenvalue weighted by atomic mass is 16.7. The van der Waals surface area contributed by atoms with Crippen LogP contribution in [-0.2, 0) is 9.63 Å². The fourth-order valence-corrected chi connectivity index (χ4v) is 1.84. The Labute approximate surface area is 110 Å². The summed E-state index contributed by atoms with van der Waals surface area (Å²) in [5.74, 6) is -0.442. The fraction of sp³-hybridized carbons (Fsp3) is 0. The largest absolute Gasteiger partial charge is 0.368 e. The summed E-state index contributed by atoms with van der Waals surface area (Å²) in [5.41, 5.74) is 2.68. The van der Waals surface area contributed by atoms with Crippen molar-refractivity contribution in [2.75, 3.05) is 0 Å². The molecule has 0 fully saturated rings. The quantitative estimate of drug-likeness (QED) is 0.607. The summed E-state index contributed by atoms with van der Waals surface area (Å²) in [4.78, 5) is 20.5. The Morgan fingerprint density at radius 1 is 1.05 bits per heavy atom. The molecule has 0 bridgehead atoms. The van der Waals surface area contributed by atoms with Gasteiger partial charge in [-0.2, -0.15) is 0 Å². The molecule has 0 unspecified atom stereocenters. The van der Waals surface area contributed by atoms with Crippen LogP contribution in [0.4, 0.5) is 0 Å². The molecule has 92 valence electrons. The minimum Gasteiger partial charge on any atom is -0.312 e. The number of rotatable bonds is 2. The summed E-state index contributed by atoms with van der Waals surface area (Å²) >= 11 is 0. The van der Waals surface area contributed by atoms with Gasteiger partial charge in [-0.25, -0.2) is 4.79 Å². The SMILES string of the molecule is O=C1ON=C(c2ccccc2)/C1=C\c1cccnc1. The maximum Gasteiger partial charge on any atom is 0.368 e. The summed E-state index contributed by atoms with van der Waals surface area (Å²) < 4.78 is 0. The van der Waals surface area contributed by atoms with Crippen molar-refractivity contribution in [3.63, 3.8) is 0 Å². The van der Waals surface area contributed by atoms with E-state index in [1.807, 2.05) is 42.5 Å². The zero-order chi connectivity index (χ0) is 13.1. The van der Waals surface area contributed by atoms with Gasteiger partial charge in [-0.1, -0.05) is 41.6 Å². The molecule has 1 aromatic heterocycles. The van der Waals surface area contributed by atoms with Crippen LogP contribution in [0.3, 0.4) is 0 Å². The van der Waals surface area contributed by atoms with Gasteiger partial charge >= 0.3 is 5.97 Å². The molecule has 2 heterocycles. The van der Waals surface area contributed by atoms with Gasteiger partial charge in [-0.3, -0.25) is 4.98 Å². The van der Waals surface area contributed by atoms with Crippen LogP contribution >= 0.6 is 0 Å². The number of carbonyl (C=O) groups excluding carboxylic acids is 1. The summed E-state index contributed by atoms with van der Waals surface area (Å²) in [5, 5.41) is 3.84. The maximum absolute atomic E-state index is 11.7. The van der Waals surface area contributed by atoms with Crippen LogP contribution in [0.1, 0.15) is 11.1 Å². The Balaban J connectivity index is 2.02. The van der Waals surface area contributed by atoms with E-state index in [4.69, 9.17) is 4.84 Å². The zero-order valence-corrected chi connectivity index (χ0v) is 9.98. The van der Waals surface area contributed by atoms with Crippen molar-refractivity contribution in [2.45, 2.75) is 0 Å². The molecule has 4 heteroatoms. The van der Waals surface area contributed by atoms with Gasteiger partial charge < -0.3 is 4.84 Å². The van der Waals surface area contributed by atoms with Crippen LogP contribution in [0.5, 0.6) is 0 Å². The Morgan fingerprint density at radius 2 is 1.89 bits per heavy atom. The third-order valence-electron chi connectivity index (χ3n) is 2.74. The van der Waals surface area contributed by atoms with Crippen molar-refractivity contribution in [3.8, 4) is 0 Å². The average Bonchev–Trinajstić information content (AvgIpc) is 2.82. The molecular formula is C15H10N2O2. The highest BCUT2D eigenvalue weighted by Gasteiger charge is 2.26. The lowest BCUT2D eigenvalue weighted by atomic mass is 10.0. The lowest BCUT2D eigenvalue weighted by Gasteiger charge is -1.99. The van der Waals surface area contributed by atoms with E-state index >= 15 is 0 Å². The summed E-state index contributed by atoms with van der Waals surface area (Å²) in [7, 11) is 0. The van der Waals surface area contributed by atoms with E-state index in [1.165, 1.54) is 0 Å². The van der Waals surface area contributed by atoms with Crippen molar-refractivity contribution in [1.82, 2.24) is 4.98 Å². The molecular weight excluding hydrogens is 240 g/mol. The molecule has 2 aromatic rings. The van der Waals surface area contributed by atoms with Gasteiger partial charge in [0.1, 0.15) is 5.71 Å². The first-order valence-corrected chi connectivity index (χ1v) is 5.81. The van der Waals surface area contributed by atoms with Gasteiger partial charge in [-0.05, 0) is 17.7 Å². The molecule has 0 saturated carbocycles. The van der Waals surface area contributed by atoms with Crippen molar-refractivity contribution in [1.29, 1.82) is 0 Å². The van der Waals surface area contributed by atoms with Crippen molar-refractivity contribution in [2.24, 2.45) is 5.16 Å². The maximum atomic E-state index is 11.7. The first-order chi connectivity index (χ1) is 9.34. The molecule has 3 rings (SSSR count). The van der Waals surface area contributed by atoms with Crippen LogP contribution in [-0.4, -0.2) is 16.7 Å². The molecule has 0 N–H and O–H groups in total. The summed E-state index contributed by atoms with van der Waals surface area (Å²) in [6, 6.07) is 13.1. The number of oxime groups is 1. The minimum atomic E-state index is -0.442. The van der Waals surface area contributed by atoms with E-state index in [0.717, 1.165) is 11.1 Å². The van der Waals surface area contributed by atoms with E-state index in [2.05, 4.69) is 10.1 Å². The fourth-order valence-electron chi connectivity index (χ4n) is 1.84. The van der Waals surface area contributed by atoms with Crippen LogP contribution < -0.4 is 0 Å². The normalized spacial score (nSPS) is 16.3. The molecule has 1 aliphatic heterocycles. The molecule has 0 saturated heterocycles. The van der Waals surface area contributed by atoms with Crippen molar-refractivity contribution >= 4 is 17.8 Å². The molecule has 0 atom stereocenters. The van der Waals surface area contributed by atoms with Crippen LogP contribution in [0.2, 0.25) is 0 Å². The Kier molecular flexibility index (Phi) is 2.90. The van der Waals surface area contributed by atoms with Gasteiger partial charge in [0.2, 0.25) is 0 Å². The minimum absolute atomic E-state index is 0.442. The lowest BCUT2D eigenvalue weighted by Crippen LogP contribution is -2.06. The number of hydrogen-bond acceptors (Lipinski definition) is 4.